The molecule has 1 aromatic carbocycles. The molecule has 0 radical (unpaired) electrons. The lowest BCUT2D eigenvalue weighted by atomic mass is 9.91. The maximum Gasteiger partial charge on any atom is 0.0396 e. The Morgan fingerprint density at radius 1 is 1.31 bits per heavy atom. The van der Waals surface area contributed by atoms with Gasteiger partial charge in [0.1, 0.15) is 0 Å². The zero-order valence-electron chi connectivity index (χ0n) is 9.61. The van der Waals surface area contributed by atoms with E-state index in [1.165, 1.54) is 5.56 Å². The summed E-state index contributed by atoms with van der Waals surface area (Å²) in [5.41, 5.74) is 8.06. The summed E-state index contributed by atoms with van der Waals surface area (Å²) in [7, 11) is 0. The van der Waals surface area contributed by atoms with Crippen molar-refractivity contribution >= 4 is 0 Å². The molecule has 0 amide bonds. The van der Waals surface area contributed by atoms with Crippen LogP contribution in [0.15, 0.2) is 54.3 Å². The number of rotatable bonds is 3. The van der Waals surface area contributed by atoms with E-state index in [1.807, 2.05) is 18.2 Å². The minimum atomic E-state index is -0.0192. The van der Waals surface area contributed by atoms with Crippen LogP contribution in [0.1, 0.15) is 18.9 Å². The van der Waals surface area contributed by atoms with Gasteiger partial charge in [0.2, 0.25) is 0 Å². The zero-order chi connectivity index (χ0) is 11.4. The predicted molar refractivity (Wildman–Crippen MR) is 67.7 cm³/mol. The Labute approximate surface area is 96.9 Å². The molecule has 0 saturated carbocycles. The van der Waals surface area contributed by atoms with Crippen molar-refractivity contribution in [2.24, 2.45) is 5.73 Å². The van der Waals surface area contributed by atoms with Crippen LogP contribution in [-0.4, -0.2) is 5.54 Å². The summed E-state index contributed by atoms with van der Waals surface area (Å²) in [4.78, 5) is 0. The van der Waals surface area contributed by atoms with Crippen LogP contribution in [0.25, 0.3) is 0 Å². The summed E-state index contributed by atoms with van der Waals surface area (Å²) in [6.07, 6.45) is 7.03. The molecule has 0 aromatic heterocycles. The van der Waals surface area contributed by atoms with Gasteiger partial charge in [-0.15, -0.1) is 0 Å². The lowest BCUT2D eigenvalue weighted by molar-refractivity contribution is 0.425. The zero-order valence-corrected chi connectivity index (χ0v) is 9.61. The van der Waals surface area contributed by atoms with Crippen molar-refractivity contribution in [3.63, 3.8) is 0 Å². The van der Waals surface area contributed by atoms with Crippen molar-refractivity contribution in [3.8, 4) is 0 Å². The molecule has 0 saturated heterocycles. The van der Waals surface area contributed by atoms with Crippen LogP contribution in [0.4, 0.5) is 0 Å². The summed E-state index contributed by atoms with van der Waals surface area (Å²) < 4.78 is 0. The van der Waals surface area contributed by atoms with Crippen molar-refractivity contribution in [2.45, 2.75) is 25.4 Å². The van der Waals surface area contributed by atoms with E-state index in [0.717, 1.165) is 18.7 Å². The molecule has 84 valence electrons. The number of allylic oxidation sites excluding steroid dienone is 2. The predicted octanol–water partition coefficient (Wildman–Crippen LogP) is 2.34. The summed E-state index contributed by atoms with van der Waals surface area (Å²) in [6.45, 7) is 3.04. The molecule has 2 heteroatoms. The van der Waals surface area contributed by atoms with Gasteiger partial charge in [0.15, 0.2) is 0 Å². The molecule has 1 aromatic rings. The minimum Gasteiger partial charge on any atom is -0.402 e. The van der Waals surface area contributed by atoms with Gasteiger partial charge in [0, 0.05) is 24.2 Å². The molecule has 2 nitrogen and oxygen atoms in total. The van der Waals surface area contributed by atoms with Crippen LogP contribution >= 0.6 is 0 Å². The number of benzene rings is 1. The molecule has 1 aliphatic rings. The van der Waals surface area contributed by atoms with E-state index in [2.05, 4.69) is 42.6 Å². The highest BCUT2D eigenvalue weighted by Crippen LogP contribution is 2.20. The van der Waals surface area contributed by atoms with Gasteiger partial charge in [-0.1, -0.05) is 42.5 Å². The lowest BCUT2D eigenvalue weighted by Crippen LogP contribution is -2.42. The van der Waals surface area contributed by atoms with E-state index in [-0.39, 0.29) is 5.54 Å². The first kappa shape index (κ1) is 11.0. The van der Waals surface area contributed by atoms with Gasteiger partial charge in [-0.05, 0) is 18.6 Å². The first-order chi connectivity index (χ1) is 7.68. The van der Waals surface area contributed by atoms with Crippen molar-refractivity contribution in [1.82, 2.24) is 5.32 Å². The van der Waals surface area contributed by atoms with Gasteiger partial charge in [0.25, 0.3) is 0 Å². The van der Waals surface area contributed by atoms with Gasteiger partial charge in [0.05, 0.1) is 0 Å². The van der Waals surface area contributed by atoms with E-state index >= 15 is 0 Å². The molecule has 1 unspecified atom stereocenters. The summed E-state index contributed by atoms with van der Waals surface area (Å²) >= 11 is 0. The molecule has 1 aliphatic carbocycles. The largest absolute Gasteiger partial charge is 0.402 e. The van der Waals surface area contributed by atoms with Crippen LogP contribution in [0.3, 0.4) is 0 Å². The van der Waals surface area contributed by atoms with Gasteiger partial charge in [-0.3, -0.25) is 0 Å². The van der Waals surface area contributed by atoms with E-state index in [1.54, 1.807) is 0 Å². The average molecular weight is 214 g/mol. The molecule has 0 bridgehead atoms. The fourth-order valence-corrected chi connectivity index (χ4v) is 1.95. The Bertz CT molecular complexity index is 406. The third kappa shape index (κ3) is 2.74. The second-order valence-corrected chi connectivity index (χ2v) is 4.53. The Morgan fingerprint density at radius 2 is 2.06 bits per heavy atom. The molecule has 3 N–H and O–H groups in total. The fourth-order valence-electron chi connectivity index (χ4n) is 1.95. The molecular weight excluding hydrogens is 196 g/mol. The molecule has 1 atom stereocenters. The number of nitrogens with two attached hydrogens (primary N) is 1. The van der Waals surface area contributed by atoms with Gasteiger partial charge < -0.3 is 11.1 Å². The van der Waals surface area contributed by atoms with Crippen molar-refractivity contribution < 1.29 is 0 Å². The molecule has 16 heavy (non-hydrogen) atoms. The van der Waals surface area contributed by atoms with Gasteiger partial charge in [-0.25, -0.2) is 0 Å². The van der Waals surface area contributed by atoms with E-state index < -0.39 is 0 Å². The van der Waals surface area contributed by atoms with Crippen molar-refractivity contribution in [2.75, 3.05) is 0 Å². The normalized spacial score (nSPS) is 24.2. The second kappa shape index (κ2) is 4.54. The lowest BCUT2D eigenvalue weighted by Gasteiger charge is -2.30. The summed E-state index contributed by atoms with van der Waals surface area (Å²) in [6, 6.07) is 10.4. The highest BCUT2D eigenvalue weighted by Gasteiger charge is 2.22. The highest BCUT2D eigenvalue weighted by molar-refractivity contribution is 5.25. The molecule has 0 spiro atoms. The Kier molecular flexibility index (Phi) is 3.11. The minimum absolute atomic E-state index is 0.0192. The fraction of sp³-hybridized carbons (Fsp3) is 0.286. The molecule has 0 aliphatic heterocycles. The second-order valence-electron chi connectivity index (χ2n) is 4.53. The van der Waals surface area contributed by atoms with Gasteiger partial charge in [-0.2, -0.15) is 0 Å². The molecule has 2 rings (SSSR count). The van der Waals surface area contributed by atoms with Crippen LogP contribution in [-0.2, 0) is 6.54 Å². The number of hydrogen-bond acceptors (Lipinski definition) is 2. The summed E-state index contributed by atoms with van der Waals surface area (Å²) in [5, 5.41) is 3.54. The van der Waals surface area contributed by atoms with Crippen molar-refractivity contribution in [1.29, 1.82) is 0 Å². The van der Waals surface area contributed by atoms with Crippen LogP contribution in [0.5, 0.6) is 0 Å². The smallest absolute Gasteiger partial charge is 0.0396 e. The maximum absolute atomic E-state index is 5.85. The monoisotopic (exact) mass is 214 g/mol. The van der Waals surface area contributed by atoms with E-state index in [9.17, 15) is 0 Å². The SMILES string of the molecule is CC1(NCc2ccccc2)C=CC=C(N)C1. The Morgan fingerprint density at radius 3 is 2.75 bits per heavy atom. The molecule has 0 heterocycles. The quantitative estimate of drug-likeness (QED) is 0.810. The van der Waals surface area contributed by atoms with Crippen LogP contribution in [0, 0.1) is 0 Å². The van der Waals surface area contributed by atoms with E-state index in [4.69, 9.17) is 5.73 Å². The van der Waals surface area contributed by atoms with Gasteiger partial charge >= 0.3 is 0 Å². The highest BCUT2D eigenvalue weighted by atomic mass is 15.0. The first-order valence-corrected chi connectivity index (χ1v) is 5.61. The molecular formula is C14H18N2. The maximum atomic E-state index is 5.85. The number of hydrogen-bond donors (Lipinski definition) is 2. The molecule has 0 fully saturated rings. The van der Waals surface area contributed by atoms with Crippen LogP contribution in [0.2, 0.25) is 0 Å². The summed E-state index contributed by atoms with van der Waals surface area (Å²) in [5.74, 6) is 0. The Hall–Kier alpha value is -1.54. The van der Waals surface area contributed by atoms with Crippen LogP contribution < -0.4 is 11.1 Å². The topological polar surface area (TPSA) is 38.0 Å². The Balaban J connectivity index is 1.96. The average Bonchev–Trinajstić information content (AvgIpc) is 2.28. The third-order valence-corrected chi connectivity index (χ3v) is 2.88. The standard InChI is InChI=1S/C14H18N2/c1-14(9-5-8-13(15)10-14)16-11-12-6-3-2-4-7-12/h2-9,16H,10-11,15H2,1H3. The number of nitrogens with one attached hydrogen (secondary N) is 1. The first-order valence-electron chi connectivity index (χ1n) is 5.61. The third-order valence-electron chi connectivity index (χ3n) is 2.88. The van der Waals surface area contributed by atoms with E-state index in [0.29, 0.717) is 0 Å². The van der Waals surface area contributed by atoms with Crippen molar-refractivity contribution in [3.05, 3.63) is 59.8 Å².